The highest BCUT2D eigenvalue weighted by atomic mass is 16.7. The molecule has 0 aliphatic carbocycles. The molecule has 2 amide bonds. The Bertz CT molecular complexity index is 1130. The summed E-state index contributed by atoms with van der Waals surface area (Å²) in [5.74, 6) is 0.319. The van der Waals surface area contributed by atoms with Crippen LogP contribution in [-0.2, 0) is 4.79 Å². The molecule has 2 aromatic carbocycles. The number of rotatable bonds is 3. The maximum absolute atomic E-state index is 13.5. The fourth-order valence-electron chi connectivity index (χ4n) is 4.13. The maximum Gasteiger partial charge on any atom is 0.254 e. The summed E-state index contributed by atoms with van der Waals surface area (Å²) in [6.45, 7) is 0.159. The molecule has 0 fully saturated rings. The van der Waals surface area contributed by atoms with E-state index in [1.54, 1.807) is 42.5 Å². The highest BCUT2D eigenvalue weighted by molar-refractivity contribution is 6.04. The number of pyridine rings is 1. The van der Waals surface area contributed by atoms with Gasteiger partial charge in [0.05, 0.1) is 23.8 Å². The largest absolute Gasteiger partial charge is 0.454 e. The van der Waals surface area contributed by atoms with Crippen LogP contribution in [0.5, 0.6) is 11.5 Å². The Hall–Kier alpha value is -3.87. The summed E-state index contributed by atoms with van der Waals surface area (Å²) in [6.07, 6.45) is 3.24. The van der Waals surface area contributed by atoms with Crippen molar-refractivity contribution in [3.05, 3.63) is 83.7 Å². The fraction of sp³-hybridized carbons (Fsp3) is 0.174. The van der Waals surface area contributed by atoms with E-state index in [-0.39, 0.29) is 18.6 Å². The van der Waals surface area contributed by atoms with E-state index in [0.29, 0.717) is 28.3 Å². The van der Waals surface area contributed by atoms with Gasteiger partial charge in [0, 0.05) is 18.8 Å². The molecule has 7 nitrogen and oxygen atoms in total. The van der Waals surface area contributed by atoms with E-state index in [9.17, 15) is 9.59 Å². The number of anilines is 1. The van der Waals surface area contributed by atoms with Gasteiger partial charge in [-0.3, -0.25) is 14.6 Å². The van der Waals surface area contributed by atoms with Crippen molar-refractivity contribution in [2.45, 2.75) is 12.0 Å². The van der Waals surface area contributed by atoms with Gasteiger partial charge < -0.3 is 19.7 Å². The molecule has 0 bridgehead atoms. The molecule has 150 valence electrons. The second-order valence-electron chi connectivity index (χ2n) is 7.27. The highest BCUT2D eigenvalue weighted by Gasteiger charge is 2.43. The molecular formula is C23H19N3O4. The van der Waals surface area contributed by atoms with Gasteiger partial charge in [-0.2, -0.15) is 0 Å². The molecule has 3 aromatic rings. The summed E-state index contributed by atoms with van der Waals surface area (Å²) in [6, 6.07) is 15.8. The van der Waals surface area contributed by atoms with E-state index in [2.05, 4.69) is 10.3 Å². The smallest absolute Gasteiger partial charge is 0.254 e. The summed E-state index contributed by atoms with van der Waals surface area (Å²) >= 11 is 0. The number of carbonyl (C=O) groups excluding carboxylic acids is 2. The maximum atomic E-state index is 13.5. The zero-order valence-corrected chi connectivity index (χ0v) is 16.2. The van der Waals surface area contributed by atoms with Crippen molar-refractivity contribution in [2.75, 3.05) is 19.2 Å². The van der Waals surface area contributed by atoms with E-state index in [1.165, 1.54) is 0 Å². The SMILES string of the molecule is CN1C(=O)c2ccccc2C(C(=O)Nc2cccnc2)C1c1ccc2c(c1)OCO2. The third-order valence-electron chi connectivity index (χ3n) is 5.53. The number of amides is 2. The summed E-state index contributed by atoms with van der Waals surface area (Å²) < 4.78 is 10.9. The van der Waals surface area contributed by atoms with Gasteiger partial charge in [-0.15, -0.1) is 0 Å². The number of hydrogen-bond donors (Lipinski definition) is 1. The minimum absolute atomic E-state index is 0.126. The van der Waals surface area contributed by atoms with Crippen LogP contribution in [0.4, 0.5) is 5.69 Å². The zero-order valence-electron chi connectivity index (χ0n) is 16.2. The van der Waals surface area contributed by atoms with Gasteiger partial charge in [-0.05, 0) is 41.5 Å². The number of benzene rings is 2. The second-order valence-corrected chi connectivity index (χ2v) is 7.27. The number of carbonyl (C=O) groups is 2. The molecule has 0 radical (unpaired) electrons. The van der Waals surface area contributed by atoms with Crippen molar-refractivity contribution in [1.82, 2.24) is 9.88 Å². The van der Waals surface area contributed by atoms with Gasteiger partial charge in [0.1, 0.15) is 0 Å². The number of fused-ring (bicyclic) bond motifs is 2. The van der Waals surface area contributed by atoms with Gasteiger partial charge >= 0.3 is 0 Å². The molecule has 0 saturated carbocycles. The molecule has 3 heterocycles. The summed E-state index contributed by atoms with van der Waals surface area (Å²) in [5.41, 5.74) is 2.63. The minimum Gasteiger partial charge on any atom is -0.454 e. The first-order chi connectivity index (χ1) is 14.6. The highest BCUT2D eigenvalue weighted by Crippen LogP contribution is 2.45. The average molecular weight is 401 g/mol. The van der Waals surface area contributed by atoms with E-state index >= 15 is 0 Å². The van der Waals surface area contributed by atoms with Crippen LogP contribution in [0.3, 0.4) is 0 Å². The Kier molecular flexibility index (Phi) is 4.35. The van der Waals surface area contributed by atoms with E-state index in [1.807, 2.05) is 36.4 Å². The molecule has 2 atom stereocenters. The van der Waals surface area contributed by atoms with Crippen LogP contribution in [0.2, 0.25) is 0 Å². The molecule has 2 aliphatic rings. The van der Waals surface area contributed by atoms with Crippen LogP contribution >= 0.6 is 0 Å². The molecule has 0 spiro atoms. The number of aromatic nitrogens is 1. The number of likely N-dealkylation sites (N-methyl/N-ethyl adjacent to an activating group) is 1. The van der Waals surface area contributed by atoms with Gasteiger partial charge in [-0.1, -0.05) is 24.3 Å². The first-order valence-electron chi connectivity index (χ1n) is 9.60. The van der Waals surface area contributed by atoms with Crippen molar-refractivity contribution in [3.63, 3.8) is 0 Å². The molecule has 2 aliphatic heterocycles. The third kappa shape index (κ3) is 2.95. The first kappa shape index (κ1) is 18.2. The molecular weight excluding hydrogens is 382 g/mol. The lowest BCUT2D eigenvalue weighted by Crippen LogP contribution is -2.44. The standard InChI is InChI=1S/C23H19N3O4/c1-26-21(14-8-9-18-19(11-14)30-13-29-18)20(16-6-2-3-7-17(16)23(26)28)22(27)25-15-5-4-10-24-12-15/h2-12,20-21H,13H2,1H3,(H,25,27). The topological polar surface area (TPSA) is 80.8 Å². The first-order valence-corrected chi connectivity index (χ1v) is 9.60. The van der Waals surface area contributed by atoms with Gasteiger partial charge in [0.15, 0.2) is 11.5 Å². The lowest BCUT2D eigenvalue weighted by molar-refractivity contribution is -0.119. The fourth-order valence-corrected chi connectivity index (χ4v) is 4.13. The Morgan fingerprint density at radius 3 is 2.77 bits per heavy atom. The van der Waals surface area contributed by atoms with Crippen LogP contribution in [0, 0.1) is 0 Å². The Balaban J connectivity index is 1.61. The lowest BCUT2D eigenvalue weighted by Gasteiger charge is -2.39. The number of ether oxygens (including phenoxy) is 2. The molecule has 2 unspecified atom stereocenters. The van der Waals surface area contributed by atoms with Gasteiger partial charge in [0.2, 0.25) is 12.7 Å². The molecule has 5 rings (SSSR count). The Morgan fingerprint density at radius 1 is 1.10 bits per heavy atom. The Morgan fingerprint density at radius 2 is 1.93 bits per heavy atom. The van der Waals surface area contributed by atoms with Crippen molar-refractivity contribution >= 4 is 17.5 Å². The summed E-state index contributed by atoms with van der Waals surface area (Å²) in [4.78, 5) is 32.2. The molecule has 1 N–H and O–H groups in total. The summed E-state index contributed by atoms with van der Waals surface area (Å²) in [7, 11) is 1.72. The summed E-state index contributed by atoms with van der Waals surface area (Å²) in [5, 5.41) is 2.94. The lowest BCUT2D eigenvalue weighted by atomic mass is 9.79. The van der Waals surface area contributed by atoms with Crippen LogP contribution in [0.1, 0.15) is 33.4 Å². The number of nitrogens with one attached hydrogen (secondary N) is 1. The van der Waals surface area contributed by atoms with Gasteiger partial charge in [-0.25, -0.2) is 0 Å². The predicted molar refractivity (Wildman–Crippen MR) is 109 cm³/mol. The minimum atomic E-state index is -0.607. The van der Waals surface area contributed by atoms with Crippen molar-refractivity contribution in [2.24, 2.45) is 0 Å². The predicted octanol–water partition coefficient (Wildman–Crippen LogP) is 3.36. The van der Waals surface area contributed by atoms with Crippen LogP contribution in [0.25, 0.3) is 0 Å². The molecule has 1 aromatic heterocycles. The van der Waals surface area contributed by atoms with Gasteiger partial charge in [0.25, 0.3) is 5.91 Å². The number of hydrogen-bond acceptors (Lipinski definition) is 5. The van der Waals surface area contributed by atoms with Crippen LogP contribution < -0.4 is 14.8 Å². The van der Waals surface area contributed by atoms with Crippen molar-refractivity contribution < 1.29 is 19.1 Å². The van der Waals surface area contributed by atoms with Crippen LogP contribution in [-0.4, -0.2) is 35.5 Å². The second kappa shape index (κ2) is 7.18. The van der Waals surface area contributed by atoms with Crippen LogP contribution in [0.15, 0.2) is 67.0 Å². The van der Waals surface area contributed by atoms with Crippen molar-refractivity contribution in [3.8, 4) is 11.5 Å². The average Bonchev–Trinajstić information content (AvgIpc) is 3.24. The van der Waals surface area contributed by atoms with Crippen molar-refractivity contribution in [1.29, 1.82) is 0 Å². The molecule has 0 saturated heterocycles. The quantitative estimate of drug-likeness (QED) is 0.728. The molecule has 30 heavy (non-hydrogen) atoms. The third-order valence-corrected chi connectivity index (χ3v) is 5.53. The zero-order chi connectivity index (χ0) is 20.7. The van der Waals surface area contributed by atoms with E-state index in [4.69, 9.17) is 9.47 Å². The normalized spacial score (nSPS) is 19.4. The number of nitrogens with zero attached hydrogens (tertiary/aromatic N) is 2. The molecule has 7 heteroatoms. The van der Waals surface area contributed by atoms with E-state index in [0.717, 1.165) is 5.56 Å². The Labute approximate surface area is 173 Å². The monoisotopic (exact) mass is 401 g/mol. The van der Waals surface area contributed by atoms with E-state index < -0.39 is 12.0 Å².